The normalized spacial score (nSPS) is 33.0. The highest BCUT2D eigenvalue weighted by atomic mass is 16.3. The minimum absolute atomic E-state index is 0.0705. The summed E-state index contributed by atoms with van der Waals surface area (Å²) in [4.78, 5) is 2.50. The van der Waals surface area contributed by atoms with Crippen LogP contribution in [-0.2, 0) is 0 Å². The highest BCUT2D eigenvalue weighted by Crippen LogP contribution is 2.39. The van der Waals surface area contributed by atoms with Crippen LogP contribution >= 0.6 is 0 Å². The number of rotatable bonds is 5. The summed E-state index contributed by atoms with van der Waals surface area (Å²) in [6.45, 7) is 5.93. The molecule has 0 radical (unpaired) electrons. The lowest BCUT2D eigenvalue weighted by atomic mass is 9.71. The topological polar surface area (TPSA) is 23.5 Å². The van der Waals surface area contributed by atoms with E-state index in [1.54, 1.807) is 0 Å². The monoisotopic (exact) mass is 239 g/mol. The van der Waals surface area contributed by atoms with Gasteiger partial charge in [0.15, 0.2) is 0 Å². The lowest BCUT2D eigenvalue weighted by Gasteiger charge is -2.45. The Bertz CT molecular complexity index is 247. The van der Waals surface area contributed by atoms with E-state index >= 15 is 0 Å². The third kappa shape index (κ3) is 3.69. The summed E-state index contributed by atoms with van der Waals surface area (Å²) >= 11 is 0. The SMILES string of the molecule is CN(CCCC1CC1)C1CC(O)CCC1(C)C. The summed E-state index contributed by atoms with van der Waals surface area (Å²) < 4.78 is 0. The number of aliphatic hydroxyl groups is 1. The Labute approximate surface area is 106 Å². The smallest absolute Gasteiger partial charge is 0.0555 e. The third-order valence-corrected chi connectivity index (χ3v) is 4.87. The third-order valence-electron chi connectivity index (χ3n) is 4.87. The van der Waals surface area contributed by atoms with Crippen LogP contribution in [0.3, 0.4) is 0 Å². The molecule has 2 unspecified atom stereocenters. The maximum Gasteiger partial charge on any atom is 0.0555 e. The van der Waals surface area contributed by atoms with E-state index in [4.69, 9.17) is 0 Å². The molecule has 0 aliphatic heterocycles. The molecule has 17 heavy (non-hydrogen) atoms. The van der Waals surface area contributed by atoms with E-state index in [0.717, 1.165) is 25.2 Å². The molecule has 0 bridgehead atoms. The van der Waals surface area contributed by atoms with E-state index in [0.29, 0.717) is 11.5 Å². The van der Waals surface area contributed by atoms with Crippen LogP contribution in [0.2, 0.25) is 0 Å². The van der Waals surface area contributed by atoms with Gasteiger partial charge in [-0.25, -0.2) is 0 Å². The molecule has 2 rings (SSSR count). The largest absolute Gasteiger partial charge is 0.393 e. The molecule has 1 N–H and O–H groups in total. The van der Waals surface area contributed by atoms with Gasteiger partial charge in [0.25, 0.3) is 0 Å². The average molecular weight is 239 g/mol. The molecule has 0 aromatic rings. The van der Waals surface area contributed by atoms with E-state index in [1.807, 2.05) is 0 Å². The zero-order valence-corrected chi connectivity index (χ0v) is 11.8. The van der Waals surface area contributed by atoms with Gasteiger partial charge >= 0.3 is 0 Å². The first-order valence-electron chi connectivity index (χ1n) is 7.37. The van der Waals surface area contributed by atoms with Crippen LogP contribution < -0.4 is 0 Å². The highest BCUT2D eigenvalue weighted by Gasteiger charge is 2.37. The predicted octanol–water partition coefficient (Wildman–Crippen LogP) is 3.05. The van der Waals surface area contributed by atoms with Crippen LogP contribution in [0.15, 0.2) is 0 Å². The van der Waals surface area contributed by atoms with Crippen LogP contribution in [0.25, 0.3) is 0 Å². The van der Waals surface area contributed by atoms with Crippen molar-refractivity contribution < 1.29 is 5.11 Å². The van der Waals surface area contributed by atoms with Crippen molar-refractivity contribution in [2.24, 2.45) is 11.3 Å². The molecule has 2 saturated carbocycles. The average Bonchev–Trinajstić information content (AvgIpc) is 3.05. The van der Waals surface area contributed by atoms with Gasteiger partial charge in [0, 0.05) is 6.04 Å². The maximum absolute atomic E-state index is 9.86. The molecular formula is C15H29NO. The molecule has 0 aromatic heterocycles. The van der Waals surface area contributed by atoms with Gasteiger partial charge in [0.1, 0.15) is 0 Å². The quantitative estimate of drug-likeness (QED) is 0.797. The van der Waals surface area contributed by atoms with E-state index in [-0.39, 0.29) is 6.10 Å². The Morgan fingerprint density at radius 2 is 1.94 bits per heavy atom. The molecule has 2 aliphatic rings. The molecule has 2 aliphatic carbocycles. The zero-order valence-electron chi connectivity index (χ0n) is 11.8. The van der Waals surface area contributed by atoms with Crippen molar-refractivity contribution in [1.82, 2.24) is 4.90 Å². The molecule has 0 heterocycles. The van der Waals surface area contributed by atoms with Crippen molar-refractivity contribution in [3.8, 4) is 0 Å². The number of aliphatic hydroxyl groups excluding tert-OH is 1. The van der Waals surface area contributed by atoms with E-state index < -0.39 is 0 Å². The summed E-state index contributed by atoms with van der Waals surface area (Å²) in [5.41, 5.74) is 0.369. The van der Waals surface area contributed by atoms with Gasteiger partial charge in [-0.2, -0.15) is 0 Å². The van der Waals surface area contributed by atoms with Crippen LogP contribution in [0.4, 0.5) is 0 Å². The zero-order chi connectivity index (χ0) is 12.5. The van der Waals surface area contributed by atoms with Crippen LogP contribution in [0.1, 0.15) is 58.8 Å². The molecular weight excluding hydrogens is 210 g/mol. The summed E-state index contributed by atoms with van der Waals surface area (Å²) in [6.07, 6.45) is 8.73. The Hall–Kier alpha value is -0.0800. The van der Waals surface area contributed by atoms with Gasteiger partial charge in [-0.1, -0.05) is 26.7 Å². The lowest BCUT2D eigenvalue weighted by Crippen LogP contribution is -2.48. The van der Waals surface area contributed by atoms with Gasteiger partial charge in [0.05, 0.1) is 6.10 Å². The van der Waals surface area contributed by atoms with Crippen molar-refractivity contribution in [1.29, 1.82) is 0 Å². The van der Waals surface area contributed by atoms with Gasteiger partial charge < -0.3 is 10.0 Å². The van der Waals surface area contributed by atoms with E-state index in [9.17, 15) is 5.11 Å². The van der Waals surface area contributed by atoms with Crippen molar-refractivity contribution >= 4 is 0 Å². The summed E-state index contributed by atoms with van der Waals surface area (Å²) in [7, 11) is 2.25. The fourth-order valence-electron chi connectivity index (χ4n) is 3.37. The van der Waals surface area contributed by atoms with Gasteiger partial charge in [-0.3, -0.25) is 0 Å². The van der Waals surface area contributed by atoms with Crippen LogP contribution in [0.5, 0.6) is 0 Å². The van der Waals surface area contributed by atoms with Crippen molar-refractivity contribution in [2.75, 3.05) is 13.6 Å². The number of nitrogens with zero attached hydrogens (tertiary/aromatic N) is 1. The fraction of sp³-hybridized carbons (Fsp3) is 1.00. The molecule has 2 nitrogen and oxygen atoms in total. The lowest BCUT2D eigenvalue weighted by molar-refractivity contribution is -0.00167. The fourth-order valence-corrected chi connectivity index (χ4v) is 3.37. The summed E-state index contributed by atoms with van der Waals surface area (Å²) in [5, 5.41) is 9.86. The molecule has 2 heteroatoms. The molecule has 100 valence electrons. The molecule has 0 spiro atoms. The first kappa shape index (κ1) is 13.4. The Morgan fingerprint density at radius 3 is 2.59 bits per heavy atom. The predicted molar refractivity (Wildman–Crippen MR) is 72.0 cm³/mol. The second kappa shape index (κ2) is 5.27. The van der Waals surface area contributed by atoms with Crippen LogP contribution in [0, 0.1) is 11.3 Å². The van der Waals surface area contributed by atoms with E-state index in [1.165, 1.54) is 32.2 Å². The van der Waals surface area contributed by atoms with Crippen LogP contribution in [-0.4, -0.2) is 35.7 Å². The summed E-state index contributed by atoms with van der Waals surface area (Å²) in [6, 6.07) is 0.561. The highest BCUT2D eigenvalue weighted by molar-refractivity contribution is 4.91. The minimum Gasteiger partial charge on any atom is -0.393 e. The number of hydrogen-bond acceptors (Lipinski definition) is 2. The van der Waals surface area contributed by atoms with Crippen molar-refractivity contribution in [3.05, 3.63) is 0 Å². The minimum atomic E-state index is -0.0705. The Kier molecular flexibility index (Phi) is 4.14. The Morgan fingerprint density at radius 1 is 1.24 bits per heavy atom. The maximum atomic E-state index is 9.86. The number of hydrogen-bond donors (Lipinski definition) is 1. The van der Waals surface area contributed by atoms with Gasteiger partial charge in [-0.15, -0.1) is 0 Å². The van der Waals surface area contributed by atoms with Gasteiger partial charge in [-0.05, 0) is 57.0 Å². The van der Waals surface area contributed by atoms with Crippen molar-refractivity contribution in [3.63, 3.8) is 0 Å². The first-order valence-corrected chi connectivity index (χ1v) is 7.37. The first-order chi connectivity index (χ1) is 7.99. The Balaban J connectivity index is 1.79. The second-order valence-electron chi connectivity index (χ2n) is 7.00. The second-order valence-corrected chi connectivity index (χ2v) is 7.00. The van der Waals surface area contributed by atoms with Gasteiger partial charge in [0.2, 0.25) is 0 Å². The molecule has 2 atom stereocenters. The molecule has 0 saturated heterocycles. The molecule has 2 fully saturated rings. The van der Waals surface area contributed by atoms with Crippen molar-refractivity contribution in [2.45, 2.75) is 70.9 Å². The summed E-state index contributed by atoms with van der Waals surface area (Å²) in [5.74, 6) is 1.05. The molecule has 0 amide bonds. The standard InChI is InChI=1S/C15H29NO/c1-15(2)9-8-13(17)11-14(15)16(3)10-4-5-12-6-7-12/h12-14,17H,4-11H2,1-3H3. The molecule has 0 aromatic carbocycles. The van der Waals surface area contributed by atoms with E-state index in [2.05, 4.69) is 25.8 Å².